The summed E-state index contributed by atoms with van der Waals surface area (Å²) in [5, 5.41) is 12.0. The lowest BCUT2D eigenvalue weighted by molar-refractivity contribution is -0.376. The normalized spacial score (nSPS) is 21.4. The van der Waals surface area contributed by atoms with Gasteiger partial charge in [-0.1, -0.05) is 18.2 Å². The van der Waals surface area contributed by atoms with E-state index in [1.807, 2.05) is 0 Å². The molecule has 1 saturated heterocycles. The largest absolute Gasteiger partial charge is 0.430 e. The molecule has 228 valence electrons. The summed E-state index contributed by atoms with van der Waals surface area (Å²) in [5.41, 5.74) is -6.09. The van der Waals surface area contributed by atoms with Gasteiger partial charge in [0.25, 0.3) is 17.4 Å². The monoisotopic (exact) mass is 620 g/mol. The molecule has 15 heteroatoms. The van der Waals surface area contributed by atoms with Crippen molar-refractivity contribution in [3.05, 3.63) is 59.2 Å². The number of nitrogens with one attached hydrogen (secondary N) is 1. The van der Waals surface area contributed by atoms with E-state index in [1.165, 1.54) is 23.1 Å². The summed E-state index contributed by atoms with van der Waals surface area (Å²) in [4.78, 5) is 28.1. The number of carbonyl (C=O) groups excluding carboxylic acids is 2. The molecule has 2 amide bonds. The Labute approximate surface area is 236 Å². The SMILES string of the molecule is O=C(Nc1ccc(C(O)(C(F)(F)F)C(F)(F)F)cc1)C1c2ccc(S(=O)(=O)CC3CC3)cc2CN1C(=O)C1CCCO1. The summed E-state index contributed by atoms with van der Waals surface area (Å²) in [7, 11) is -3.60. The lowest BCUT2D eigenvalue weighted by Crippen LogP contribution is -2.53. The van der Waals surface area contributed by atoms with Gasteiger partial charge in [0.1, 0.15) is 12.1 Å². The molecule has 2 aromatic carbocycles. The minimum Gasteiger partial charge on any atom is -0.369 e. The lowest BCUT2D eigenvalue weighted by Gasteiger charge is -2.32. The maximum absolute atomic E-state index is 13.5. The average molecular weight is 621 g/mol. The Kier molecular flexibility index (Phi) is 7.59. The molecule has 0 spiro atoms. The van der Waals surface area contributed by atoms with Gasteiger partial charge in [-0.2, -0.15) is 26.3 Å². The van der Waals surface area contributed by atoms with Crippen LogP contribution in [-0.2, 0) is 36.3 Å². The van der Waals surface area contributed by atoms with Crippen LogP contribution in [0.1, 0.15) is 48.4 Å². The molecule has 1 aliphatic carbocycles. The van der Waals surface area contributed by atoms with E-state index in [0.717, 1.165) is 25.0 Å². The Morgan fingerprint density at radius 3 is 2.17 bits per heavy atom. The molecule has 2 aliphatic heterocycles. The first-order valence-electron chi connectivity index (χ1n) is 13.1. The number of halogens is 6. The average Bonchev–Trinajstić information content (AvgIpc) is 3.38. The predicted octanol–water partition coefficient (Wildman–Crippen LogP) is 4.38. The molecule has 0 aromatic heterocycles. The first-order valence-corrected chi connectivity index (χ1v) is 14.7. The van der Waals surface area contributed by atoms with Crippen LogP contribution in [0.4, 0.5) is 32.0 Å². The third kappa shape index (κ3) is 5.49. The summed E-state index contributed by atoms with van der Waals surface area (Å²) in [6.45, 7) is 0.230. The van der Waals surface area contributed by atoms with Crippen LogP contribution in [0.3, 0.4) is 0 Å². The Bertz CT molecular complexity index is 1470. The number of amides is 2. The number of rotatable bonds is 7. The van der Waals surface area contributed by atoms with E-state index in [2.05, 4.69) is 5.32 Å². The summed E-state index contributed by atoms with van der Waals surface area (Å²) < 4.78 is 111. The van der Waals surface area contributed by atoms with Crippen molar-refractivity contribution in [1.82, 2.24) is 4.90 Å². The van der Waals surface area contributed by atoms with Crippen molar-refractivity contribution in [2.24, 2.45) is 5.92 Å². The molecule has 1 saturated carbocycles. The molecule has 2 unspecified atom stereocenters. The molecule has 2 fully saturated rings. The van der Waals surface area contributed by atoms with Crippen molar-refractivity contribution in [3.63, 3.8) is 0 Å². The molecular formula is C27H26F6N2O6S. The fraction of sp³-hybridized carbons (Fsp3) is 0.481. The van der Waals surface area contributed by atoms with E-state index in [4.69, 9.17) is 4.74 Å². The topological polar surface area (TPSA) is 113 Å². The standard InChI is InChI=1S/C27H26F6N2O6S/c28-26(29,30)25(38,27(31,32)33)17-5-7-18(8-6-17)34-23(36)22-20-10-9-19(42(39,40)14-15-3-4-15)12-16(20)13-35(22)24(37)21-2-1-11-41-21/h5-10,12,15,21-22,38H,1-4,11,13-14H2,(H,34,36). The third-order valence-electron chi connectivity index (χ3n) is 7.70. The second-order valence-corrected chi connectivity index (χ2v) is 12.8. The highest BCUT2D eigenvalue weighted by molar-refractivity contribution is 7.91. The van der Waals surface area contributed by atoms with E-state index in [9.17, 15) is 49.5 Å². The minimum atomic E-state index is -6.07. The highest BCUT2D eigenvalue weighted by atomic mass is 32.2. The van der Waals surface area contributed by atoms with Gasteiger partial charge in [-0.3, -0.25) is 9.59 Å². The van der Waals surface area contributed by atoms with Crippen LogP contribution in [0.5, 0.6) is 0 Å². The van der Waals surface area contributed by atoms with Gasteiger partial charge >= 0.3 is 12.4 Å². The van der Waals surface area contributed by atoms with Crippen molar-refractivity contribution in [3.8, 4) is 0 Å². The number of carbonyl (C=O) groups is 2. The van der Waals surface area contributed by atoms with Crippen LogP contribution in [0.25, 0.3) is 0 Å². The first kappa shape index (κ1) is 30.3. The van der Waals surface area contributed by atoms with Crippen LogP contribution >= 0.6 is 0 Å². The van der Waals surface area contributed by atoms with Gasteiger partial charge in [0, 0.05) is 24.4 Å². The summed E-state index contributed by atoms with van der Waals surface area (Å²) in [6.07, 6.45) is -10.3. The van der Waals surface area contributed by atoms with E-state index >= 15 is 0 Å². The lowest BCUT2D eigenvalue weighted by atomic mass is 9.92. The molecular weight excluding hydrogens is 594 g/mol. The van der Waals surface area contributed by atoms with E-state index in [1.54, 1.807) is 0 Å². The molecule has 8 nitrogen and oxygen atoms in total. The van der Waals surface area contributed by atoms with Crippen LogP contribution in [-0.4, -0.2) is 61.1 Å². The number of anilines is 1. The van der Waals surface area contributed by atoms with Crippen molar-refractivity contribution in [2.45, 2.75) is 67.2 Å². The number of alkyl halides is 6. The number of nitrogens with zero attached hydrogens (tertiary/aromatic N) is 1. The number of hydrogen-bond donors (Lipinski definition) is 2. The Morgan fingerprint density at radius 2 is 1.62 bits per heavy atom. The molecule has 42 heavy (non-hydrogen) atoms. The van der Waals surface area contributed by atoms with Gasteiger partial charge in [0.05, 0.1) is 10.6 Å². The minimum absolute atomic E-state index is 0.0118. The highest BCUT2D eigenvalue weighted by Gasteiger charge is 2.71. The fourth-order valence-electron chi connectivity index (χ4n) is 5.25. The highest BCUT2D eigenvalue weighted by Crippen LogP contribution is 2.50. The number of hydrogen-bond acceptors (Lipinski definition) is 6. The van der Waals surface area contributed by atoms with Gasteiger partial charge in [0.15, 0.2) is 9.84 Å². The van der Waals surface area contributed by atoms with Crippen LogP contribution in [0.2, 0.25) is 0 Å². The predicted molar refractivity (Wildman–Crippen MR) is 135 cm³/mol. The van der Waals surface area contributed by atoms with E-state index in [0.29, 0.717) is 42.7 Å². The Hall–Kier alpha value is -3.17. The fourth-order valence-corrected chi connectivity index (χ4v) is 7.00. The third-order valence-corrected chi connectivity index (χ3v) is 9.58. The summed E-state index contributed by atoms with van der Waals surface area (Å²) in [6, 6.07) is 5.24. The zero-order valence-electron chi connectivity index (χ0n) is 21.8. The zero-order chi connectivity index (χ0) is 30.7. The number of ether oxygens (including phenoxy) is 1. The van der Waals surface area contributed by atoms with Gasteiger partial charge < -0.3 is 20.1 Å². The van der Waals surface area contributed by atoms with Crippen molar-refractivity contribution in [2.75, 3.05) is 17.7 Å². The number of sulfone groups is 1. The molecule has 2 N–H and O–H groups in total. The molecule has 2 heterocycles. The maximum Gasteiger partial charge on any atom is 0.430 e. The maximum atomic E-state index is 13.5. The van der Waals surface area contributed by atoms with Crippen LogP contribution in [0.15, 0.2) is 47.4 Å². The first-order chi connectivity index (χ1) is 19.5. The summed E-state index contributed by atoms with van der Waals surface area (Å²) in [5.74, 6) is -1.26. The second kappa shape index (κ2) is 10.5. The Morgan fingerprint density at radius 1 is 0.976 bits per heavy atom. The molecule has 2 aromatic rings. The van der Waals surface area contributed by atoms with Gasteiger partial charge in [-0.25, -0.2) is 8.42 Å². The van der Waals surface area contributed by atoms with Crippen LogP contribution < -0.4 is 5.32 Å². The van der Waals surface area contributed by atoms with E-state index in [-0.39, 0.29) is 28.8 Å². The quantitative estimate of drug-likeness (QED) is 0.445. The number of aliphatic hydroxyl groups is 1. The molecule has 3 aliphatic rings. The molecule has 5 rings (SSSR count). The van der Waals surface area contributed by atoms with Crippen molar-refractivity contribution >= 4 is 27.3 Å². The van der Waals surface area contributed by atoms with E-state index < -0.39 is 57.3 Å². The summed E-state index contributed by atoms with van der Waals surface area (Å²) >= 11 is 0. The zero-order valence-corrected chi connectivity index (χ0v) is 22.7. The molecule has 0 radical (unpaired) electrons. The number of benzene rings is 2. The number of fused-ring (bicyclic) bond motifs is 1. The van der Waals surface area contributed by atoms with Crippen molar-refractivity contribution < 1.29 is 54.2 Å². The molecule has 2 atom stereocenters. The van der Waals surface area contributed by atoms with Gasteiger partial charge in [0.2, 0.25) is 0 Å². The second-order valence-electron chi connectivity index (χ2n) is 10.7. The smallest absolute Gasteiger partial charge is 0.369 e. The van der Waals surface area contributed by atoms with Crippen molar-refractivity contribution in [1.29, 1.82) is 0 Å². The molecule has 0 bridgehead atoms. The Balaban J connectivity index is 1.43. The van der Waals surface area contributed by atoms with Gasteiger partial charge in [-0.15, -0.1) is 0 Å². The van der Waals surface area contributed by atoms with Crippen LogP contribution in [0, 0.1) is 5.92 Å². The van der Waals surface area contributed by atoms with Gasteiger partial charge in [-0.05, 0) is 67.0 Å².